The van der Waals surface area contributed by atoms with Gasteiger partial charge in [0, 0.05) is 42.7 Å². The standard InChI is InChI=1S/C26H21FN6O/c27-20-10-6-9-19(17-20)25(34)31-13-15-32(16-14-31)26-28-22-12-5-4-11-21(22)24-30-29-23(33(24)26)18-7-2-1-3-8-18/h1-12,17H,13-16H2. The first-order valence-electron chi connectivity index (χ1n) is 11.2. The number of carbonyl (C=O) groups is 1. The van der Waals surface area contributed by atoms with Crippen LogP contribution in [0, 0.1) is 5.82 Å². The van der Waals surface area contributed by atoms with E-state index in [2.05, 4.69) is 15.1 Å². The first-order chi connectivity index (χ1) is 16.7. The van der Waals surface area contributed by atoms with Gasteiger partial charge in [0.2, 0.25) is 5.95 Å². The van der Waals surface area contributed by atoms with Gasteiger partial charge < -0.3 is 9.80 Å². The van der Waals surface area contributed by atoms with Gasteiger partial charge in [-0.2, -0.15) is 0 Å². The minimum Gasteiger partial charge on any atom is -0.338 e. The zero-order valence-electron chi connectivity index (χ0n) is 18.3. The maximum absolute atomic E-state index is 13.6. The van der Waals surface area contributed by atoms with Crippen molar-refractivity contribution in [2.45, 2.75) is 0 Å². The van der Waals surface area contributed by atoms with Crippen LogP contribution >= 0.6 is 0 Å². The molecule has 168 valence electrons. The van der Waals surface area contributed by atoms with Crippen LogP contribution in [0.15, 0.2) is 78.9 Å². The van der Waals surface area contributed by atoms with Crippen LogP contribution in [-0.4, -0.2) is 56.6 Å². The normalized spacial score (nSPS) is 14.1. The van der Waals surface area contributed by atoms with Gasteiger partial charge in [-0.3, -0.25) is 4.79 Å². The Morgan fingerprint density at radius 1 is 0.824 bits per heavy atom. The molecule has 2 aromatic heterocycles. The molecular weight excluding hydrogens is 431 g/mol. The number of halogens is 1. The molecule has 0 aliphatic carbocycles. The quantitative estimate of drug-likeness (QED) is 0.413. The summed E-state index contributed by atoms with van der Waals surface area (Å²) in [6.07, 6.45) is 0. The first kappa shape index (κ1) is 20.3. The number of fused-ring (bicyclic) bond motifs is 3. The number of rotatable bonds is 3. The van der Waals surface area contributed by atoms with E-state index >= 15 is 0 Å². The van der Waals surface area contributed by atoms with Gasteiger partial charge in [-0.1, -0.05) is 48.5 Å². The fourth-order valence-electron chi connectivity index (χ4n) is 4.47. The average molecular weight is 452 g/mol. The van der Waals surface area contributed by atoms with Crippen molar-refractivity contribution >= 4 is 28.4 Å². The number of anilines is 1. The van der Waals surface area contributed by atoms with Gasteiger partial charge in [0.25, 0.3) is 5.91 Å². The highest BCUT2D eigenvalue weighted by molar-refractivity contribution is 5.95. The Bertz CT molecular complexity index is 1510. The molecule has 0 radical (unpaired) electrons. The largest absolute Gasteiger partial charge is 0.338 e. The molecule has 0 atom stereocenters. The Morgan fingerprint density at radius 3 is 2.38 bits per heavy atom. The summed E-state index contributed by atoms with van der Waals surface area (Å²) in [4.78, 5) is 21.8. The molecule has 0 bridgehead atoms. The minimum absolute atomic E-state index is 0.162. The molecule has 8 heteroatoms. The average Bonchev–Trinajstić information content (AvgIpc) is 3.34. The van der Waals surface area contributed by atoms with Crippen LogP contribution in [0.5, 0.6) is 0 Å². The molecule has 1 amide bonds. The molecule has 5 aromatic rings. The SMILES string of the molecule is O=C(c1cccc(F)c1)N1CCN(c2nc3ccccc3c3nnc(-c4ccccc4)n23)CC1. The van der Waals surface area contributed by atoms with Crippen molar-refractivity contribution in [3.8, 4) is 11.4 Å². The molecule has 0 unspecified atom stereocenters. The van der Waals surface area contributed by atoms with Crippen molar-refractivity contribution < 1.29 is 9.18 Å². The maximum Gasteiger partial charge on any atom is 0.254 e. The Labute approximate surface area is 195 Å². The van der Waals surface area contributed by atoms with Crippen LogP contribution in [0.2, 0.25) is 0 Å². The summed E-state index contributed by atoms with van der Waals surface area (Å²) in [5, 5.41) is 9.96. The van der Waals surface area contributed by atoms with Gasteiger partial charge in [-0.25, -0.2) is 13.8 Å². The highest BCUT2D eigenvalue weighted by Gasteiger charge is 2.26. The molecule has 1 saturated heterocycles. The fourth-order valence-corrected chi connectivity index (χ4v) is 4.47. The lowest BCUT2D eigenvalue weighted by atomic mass is 10.1. The van der Waals surface area contributed by atoms with Crippen molar-refractivity contribution in [3.63, 3.8) is 0 Å². The Balaban J connectivity index is 1.38. The summed E-state index contributed by atoms with van der Waals surface area (Å²) in [7, 11) is 0. The summed E-state index contributed by atoms with van der Waals surface area (Å²) in [5.41, 5.74) is 2.91. The molecule has 3 heterocycles. The van der Waals surface area contributed by atoms with Crippen molar-refractivity contribution in [1.82, 2.24) is 24.5 Å². The van der Waals surface area contributed by atoms with E-state index in [1.807, 2.05) is 59.0 Å². The molecule has 6 rings (SSSR count). The molecule has 7 nitrogen and oxygen atoms in total. The summed E-state index contributed by atoms with van der Waals surface area (Å²) >= 11 is 0. The minimum atomic E-state index is -0.409. The van der Waals surface area contributed by atoms with Crippen LogP contribution in [-0.2, 0) is 0 Å². The molecule has 0 N–H and O–H groups in total. The van der Waals surface area contributed by atoms with Crippen molar-refractivity contribution in [2.24, 2.45) is 0 Å². The summed E-state index contributed by atoms with van der Waals surface area (Å²) in [6, 6.07) is 23.7. The van der Waals surface area contributed by atoms with Crippen LogP contribution in [0.4, 0.5) is 10.3 Å². The predicted octanol–water partition coefficient (Wildman–Crippen LogP) is 4.05. The van der Waals surface area contributed by atoms with E-state index in [-0.39, 0.29) is 5.91 Å². The Hall–Kier alpha value is -4.33. The summed E-state index contributed by atoms with van der Waals surface area (Å²) < 4.78 is 15.6. The first-order valence-corrected chi connectivity index (χ1v) is 11.2. The number of amides is 1. The number of benzene rings is 3. The highest BCUT2D eigenvalue weighted by Crippen LogP contribution is 2.29. The number of hydrogen-bond donors (Lipinski definition) is 0. The number of piperazine rings is 1. The van der Waals surface area contributed by atoms with Crippen molar-refractivity contribution in [3.05, 3.63) is 90.2 Å². The lowest BCUT2D eigenvalue weighted by Gasteiger charge is -2.35. The van der Waals surface area contributed by atoms with E-state index in [9.17, 15) is 9.18 Å². The molecular formula is C26H21FN6O. The van der Waals surface area contributed by atoms with Gasteiger partial charge in [0.15, 0.2) is 11.5 Å². The second-order valence-corrected chi connectivity index (χ2v) is 8.27. The van der Waals surface area contributed by atoms with Gasteiger partial charge in [0.05, 0.1) is 5.52 Å². The van der Waals surface area contributed by atoms with E-state index in [1.54, 1.807) is 17.0 Å². The summed E-state index contributed by atoms with van der Waals surface area (Å²) in [5.74, 6) is 0.899. The predicted molar refractivity (Wildman–Crippen MR) is 128 cm³/mol. The number of carbonyl (C=O) groups excluding carboxylic acids is 1. The van der Waals surface area contributed by atoms with Gasteiger partial charge in [-0.15, -0.1) is 10.2 Å². The van der Waals surface area contributed by atoms with Gasteiger partial charge in [0.1, 0.15) is 5.82 Å². The Kier molecular flexibility index (Phi) is 4.91. The van der Waals surface area contributed by atoms with Gasteiger partial charge in [-0.05, 0) is 30.3 Å². The second kappa shape index (κ2) is 8.22. The molecule has 1 fully saturated rings. The summed E-state index contributed by atoms with van der Waals surface area (Å²) in [6.45, 7) is 2.20. The topological polar surface area (TPSA) is 66.6 Å². The van der Waals surface area contributed by atoms with E-state index in [0.717, 1.165) is 33.9 Å². The van der Waals surface area contributed by atoms with Crippen molar-refractivity contribution in [1.29, 1.82) is 0 Å². The lowest BCUT2D eigenvalue weighted by Crippen LogP contribution is -2.49. The third-order valence-electron chi connectivity index (χ3n) is 6.18. The molecule has 1 aliphatic heterocycles. The van der Waals surface area contributed by atoms with Crippen molar-refractivity contribution in [2.75, 3.05) is 31.1 Å². The monoisotopic (exact) mass is 452 g/mol. The number of hydrogen-bond acceptors (Lipinski definition) is 5. The molecule has 0 spiro atoms. The lowest BCUT2D eigenvalue weighted by molar-refractivity contribution is 0.0745. The van der Waals surface area contributed by atoms with Gasteiger partial charge >= 0.3 is 0 Å². The Morgan fingerprint density at radius 2 is 1.59 bits per heavy atom. The molecule has 3 aromatic carbocycles. The fraction of sp³-hybridized carbons (Fsp3) is 0.154. The van der Waals surface area contributed by atoms with Crippen LogP contribution < -0.4 is 4.90 Å². The zero-order valence-corrected chi connectivity index (χ0v) is 18.3. The molecule has 34 heavy (non-hydrogen) atoms. The van der Waals surface area contributed by atoms with Crippen LogP contribution in [0.1, 0.15) is 10.4 Å². The smallest absolute Gasteiger partial charge is 0.254 e. The van der Waals surface area contributed by atoms with E-state index in [0.29, 0.717) is 31.7 Å². The molecule has 1 aliphatic rings. The number of nitrogens with zero attached hydrogens (tertiary/aromatic N) is 6. The van der Waals surface area contributed by atoms with Crippen LogP contribution in [0.25, 0.3) is 27.9 Å². The number of aromatic nitrogens is 4. The second-order valence-electron chi connectivity index (χ2n) is 8.27. The third kappa shape index (κ3) is 3.44. The van der Waals surface area contributed by atoms with Crippen LogP contribution in [0.3, 0.4) is 0 Å². The number of para-hydroxylation sites is 1. The van der Waals surface area contributed by atoms with E-state index in [1.165, 1.54) is 12.1 Å². The maximum atomic E-state index is 13.6. The zero-order chi connectivity index (χ0) is 23.1. The molecule has 0 saturated carbocycles. The van der Waals surface area contributed by atoms with E-state index < -0.39 is 5.82 Å². The highest BCUT2D eigenvalue weighted by atomic mass is 19.1. The van der Waals surface area contributed by atoms with E-state index in [4.69, 9.17) is 4.98 Å². The third-order valence-corrected chi connectivity index (χ3v) is 6.18.